The molecule has 1 unspecified atom stereocenters. The van der Waals surface area contributed by atoms with Crippen molar-refractivity contribution in [3.63, 3.8) is 0 Å². The van der Waals surface area contributed by atoms with E-state index in [1.54, 1.807) is 13.0 Å². The summed E-state index contributed by atoms with van der Waals surface area (Å²) in [5.41, 5.74) is 3.48. The van der Waals surface area contributed by atoms with Gasteiger partial charge in [0.1, 0.15) is 6.04 Å². The number of aromatic nitrogens is 2. The molecule has 1 heterocycles. The third-order valence-corrected chi connectivity index (χ3v) is 5.66. The number of nitrogens with zero attached hydrogens (tertiary/aromatic N) is 3. The first-order valence-corrected chi connectivity index (χ1v) is 11.1. The molecule has 5 nitrogen and oxygen atoms in total. The molecule has 0 aliphatic carbocycles. The number of hydrogen-bond donors (Lipinski definition) is 0. The van der Waals surface area contributed by atoms with Gasteiger partial charge in [-0.25, -0.2) is 4.68 Å². The van der Waals surface area contributed by atoms with Crippen molar-refractivity contribution in [3.8, 4) is 11.3 Å². The van der Waals surface area contributed by atoms with Crippen LogP contribution in [0.4, 0.5) is 0 Å². The fourth-order valence-electron chi connectivity index (χ4n) is 3.81. The fraction of sp³-hybridized carbons (Fsp3) is 0.179. The summed E-state index contributed by atoms with van der Waals surface area (Å²) in [4.78, 5) is 28.0. The smallest absolute Gasteiger partial charge is 0.267 e. The molecule has 0 spiro atoms. The maximum absolute atomic E-state index is 13.6. The zero-order valence-electron chi connectivity index (χ0n) is 18.7. The van der Waals surface area contributed by atoms with Crippen LogP contribution in [0.2, 0.25) is 0 Å². The molecular weight excluding hydrogens is 410 g/mol. The molecule has 1 amide bonds. The summed E-state index contributed by atoms with van der Waals surface area (Å²) < 4.78 is 1.30. The van der Waals surface area contributed by atoms with E-state index in [4.69, 9.17) is 0 Å². The second-order valence-electron chi connectivity index (χ2n) is 8.02. The molecule has 1 atom stereocenters. The molecule has 0 saturated heterocycles. The number of hydrogen-bond acceptors (Lipinski definition) is 3. The monoisotopic (exact) mass is 437 g/mol. The van der Waals surface area contributed by atoms with Gasteiger partial charge in [0.2, 0.25) is 5.91 Å². The van der Waals surface area contributed by atoms with E-state index in [9.17, 15) is 9.59 Å². The minimum atomic E-state index is -0.722. The van der Waals surface area contributed by atoms with Crippen LogP contribution in [0.1, 0.15) is 24.1 Å². The Morgan fingerprint density at radius 3 is 2.03 bits per heavy atom. The van der Waals surface area contributed by atoms with Gasteiger partial charge in [-0.05, 0) is 30.5 Å². The van der Waals surface area contributed by atoms with Gasteiger partial charge in [-0.2, -0.15) is 5.10 Å². The lowest BCUT2D eigenvalue weighted by atomic mass is 10.1. The third-order valence-electron chi connectivity index (χ3n) is 5.66. The molecule has 4 aromatic rings. The first-order valence-electron chi connectivity index (χ1n) is 11.1. The van der Waals surface area contributed by atoms with Crippen molar-refractivity contribution in [1.82, 2.24) is 14.7 Å². The van der Waals surface area contributed by atoms with Crippen LogP contribution < -0.4 is 5.56 Å². The Labute approximate surface area is 193 Å². The lowest BCUT2D eigenvalue weighted by Gasteiger charge is -2.26. The van der Waals surface area contributed by atoms with Gasteiger partial charge < -0.3 is 4.90 Å². The summed E-state index contributed by atoms with van der Waals surface area (Å²) in [7, 11) is 0. The predicted molar refractivity (Wildman–Crippen MR) is 131 cm³/mol. The highest BCUT2D eigenvalue weighted by atomic mass is 16.2. The highest BCUT2D eigenvalue weighted by Crippen LogP contribution is 2.17. The van der Waals surface area contributed by atoms with E-state index in [1.807, 2.05) is 83.8 Å². The van der Waals surface area contributed by atoms with Crippen molar-refractivity contribution < 1.29 is 4.79 Å². The van der Waals surface area contributed by atoms with Gasteiger partial charge in [-0.3, -0.25) is 9.59 Å². The van der Waals surface area contributed by atoms with E-state index in [-0.39, 0.29) is 11.5 Å². The van der Waals surface area contributed by atoms with E-state index >= 15 is 0 Å². The van der Waals surface area contributed by atoms with Crippen LogP contribution in [0.5, 0.6) is 0 Å². The summed E-state index contributed by atoms with van der Waals surface area (Å²) in [6.07, 6.45) is 0.735. The van der Waals surface area contributed by atoms with Crippen LogP contribution in [0.25, 0.3) is 11.3 Å². The molecule has 0 radical (unpaired) electrons. The Hall–Kier alpha value is -3.99. The highest BCUT2D eigenvalue weighted by molar-refractivity contribution is 5.80. The van der Waals surface area contributed by atoms with Crippen LogP contribution in [0.3, 0.4) is 0 Å². The average molecular weight is 438 g/mol. The number of carbonyl (C=O) groups is 1. The van der Waals surface area contributed by atoms with Crippen LogP contribution in [-0.2, 0) is 17.8 Å². The highest BCUT2D eigenvalue weighted by Gasteiger charge is 2.24. The molecule has 0 aliphatic rings. The normalized spacial score (nSPS) is 11.7. The van der Waals surface area contributed by atoms with Gasteiger partial charge in [0.15, 0.2) is 0 Å². The number of benzene rings is 3. The number of amides is 1. The molecule has 4 rings (SSSR count). The molecule has 0 N–H and O–H groups in total. The molecule has 0 aliphatic heterocycles. The van der Waals surface area contributed by atoms with E-state index < -0.39 is 6.04 Å². The minimum Gasteiger partial charge on any atom is -0.336 e. The average Bonchev–Trinajstić information content (AvgIpc) is 2.88. The van der Waals surface area contributed by atoms with Gasteiger partial charge >= 0.3 is 0 Å². The first-order chi connectivity index (χ1) is 16.1. The van der Waals surface area contributed by atoms with Crippen molar-refractivity contribution in [1.29, 1.82) is 0 Å². The van der Waals surface area contributed by atoms with Crippen molar-refractivity contribution >= 4 is 5.91 Å². The lowest BCUT2D eigenvalue weighted by Crippen LogP contribution is -2.40. The summed E-state index contributed by atoms with van der Waals surface area (Å²) in [5, 5.41) is 4.53. The van der Waals surface area contributed by atoms with E-state index in [2.05, 4.69) is 17.2 Å². The number of rotatable bonds is 8. The molecule has 33 heavy (non-hydrogen) atoms. The standard InChI is InChI=1S/C28H27N3O2/c1-22(31-27(32)18-17-26(29-31)25-15-9-4-10-16-25)28(33)30(21-24-13-7-3-8-14-24)20-19-23-11-5-2-6-12-23/h2-18,22H,19-21H2,1H3. The second kappa shape index (κ2) is 10.6. The Morgan fingerprint density at radius 2 is 1.39 bits per heavy atom. The van der Waals surface area contributed by atoms with Gasteiger partial charge in [0.25, 0.3) is 5.56 Å². The maximum atomic E-state index is 13.6. The quantitative estimate of drug-likeness (QED) is 0.400. The van der Waals surface area contributed by atoms with Gasteiger partial charge in [0.05, 0.1) is 5.69 Å². The topological polar surface area (TPSA) is 55.2 Å². The summed E-state index contributed by atoms with van der Waals surface area (Å²) in [5.74, 6) is -0.130. The largest absolute Gasteiger partial charge is 0.336 e. The van der Waals surface area contributed by atoms with Gasteiger partial charge in [0, 0.05) is 24.7 Å². The van der Waals surface area contributed by atoms with Crippen LogP contribution in [-0.4, -0.2) is 27.1 Å². The summed E-state index contributed by atoms with van der Waals surface area (Å²) in [6.45, 7) is 2.77. The van der Waals surface area contributed by atoms with Crippen LogP contribution in [0, 0.1) is 0 Å². The van der Waals surface area contributed by atoms with E-state index in [1.165, 1.54) is 10.7 Å². The predicted octanol–water partition coefficient (Wildman–Crippen LogP) is 4.74. The zero-order valence-corrected chi connectivity index (χ0v) is 18.7. The van der Waals surface area contributed by atoms with Crippen molar-refractivity contribution in [2.24, 2.45) is 0 Å². The summed E-state index contributed by atoms with van der Waals surface area (Å²) in [6, 6.07) is 32.1. The fourth-order valence-corrected chi connectivity index (χ4v) is 3.81. The zero-order chi connectivity index (χ0) is 23.0. The molecule has 0 saturated carbocycles. The van der Waals surface area contributed by atoms with E-state index in [0.29, 0.717) is 18.8 Å². The molecule has 3 aromatic carbocycles. The van der Waals surface area contributed by atoms with Crippen LogP contribution in [0.15, 0.2) is 108 Å². The SMILES string of the molecule is CC(C(=O)N(CCc1ccccc1)Cc1ccccc1)n1nc(-c2ccccc2)ccc1=O. The maximum Gasteiger partial charge on any atom is 0.267 e. The van der Waals surface area contributed by atoms with Crippen LogP contribution >= 0.6 is 0 Å². The molecule has 0 fully saturated rings. The second-order valence-corrected chi connectivity index (χ2v) is 8.02. The molecule has 166 valence electrons. The van der Waals surface area contributed by atoms with Crippen molar-refractivity contribution in [2.75, 3.05) is 6.54 Å². The van der Waals surface area contributed by atoms with Crippen molar-refractivity contribution in [3.05, 3.63) is 125 Å². The minimum absolute atomic E-state index is 0.130. The Bertz CT molecular complexity index is 1240. The Balaban J connectivity index is 1.60. The van der Waals surface area contributed by atoms with Gasteiger partial charge in [-0.1, -0.05) is 91.0 Å². The van der Waals surface area contributed by atoms with E-state index in [0.717, 1.165) is 23.1 Å². The van der Waals surface area contributed by atoms with Gasteiger partial charge in [-0.15, -0.1) is 0 Å². The van der Waals surface area contributed by atoms with Crippen molar-refractivity contribution in [2.45, 2.75) is 25.9 Å². The Kier molecular flexibility index (Phi) is 7.10. The third kappa shape index (κ3) is 5.63. The molecule has 0 bridgehead atoms. The first kappa shape index (κ1) is 22.2. The number of carbonyl (C=O) groups excluding carboxylic acids is 1. The lowest BCUT2D eigenvalue weighted by molar-refractivity contribution is -0.135. The molecular formula is C28H27N3O2. The molecule has 5 heteroatoms. The summed E-state index contributed by atoms with van der Waals surface area (Å²) >= 11 is 0. The molecule has 1 aromatic heterocycles. The Morgan fingerprint density at radius 1 is 0.818 bits per heavy atom.